The van der Waals surface area contributed by atoms with Gasteiger partial charge in [0.2, 0.25) is 5.91 Å². The van der Waals surface area contributed by atoms with E-state index in [0.717, 1.165) is 12.6 Å². The van der Waals surface area contributed by atoms with Crippen LogP contribution in [0, 0.1) is 17.6 Å². The molecule has 1 saturated carbocycles. The lowest BCUT2D eigenvalue weighted by molar-refractivity contribution is -0.122. The molecule has 2 N–H and O–H groups in total. The molecular formula is C15H20F2N2O2. The molecular weight excluding hydrogens is 278 g/mol. The first-order chi connectivity index (χ1) is 10.1. The first kappa shape index (κ1) is 15.9. The van der Waals surface area contributed by atoms with E-state index in [0.29, 0.717) is 31.7 Å². The van der Waals surface area contributed by atoms with E-state index in [1.807, 2.05) is 0 Å². The zero-order valence-corrected chi connectivity index (χ0v) is 12.0. The standard InChI is InChI=1S/C15H20F2N2O2/c1-21-7-6-18-4-5-19-15(20)13-9-12(13)11-3-2-10(16)8-14(11)17/h2-3,8,12-13,18H,4-7,9H2,1H3,(H,19,20). The number of carbonyl (C=O) groups excluding carboxylic acids is 1. The first-order valence-electron chi connectivity index (χ1n) is 7.05. The summed E-state index contributed by atoms with van der Waals surface area (Å²) in [6.45, 7) is 2.55. The van der Waals surface area contributed by atoms with Crippen LogP contribution in [0.5, 0.6) is 0 Å². The van der Waals surface area contributed by atoms with Crippen LogP contribution in [-0.4, -0.2) is 39.3 Å². The minimum atomic E-state index is -0.597. The van der Waals surface area contributed by atoms with E-state index in [1.54, 1.807) is 7.11 Å². The van der Waals surface area contributed by atoms with Gasteiger partial charge >= 0.3 is 0 Å². The lowest BCUT2D eigenvalue weighted by atomic mass is 10.1. The lowest BCUT2D eigenvalue weighted by Gasteiger charge is -2.07. The molecule has 4 nitrogen and oxygen atoms in total. The quantitative estimate of drug-likeness (QED) is 0.714. The minimum absolute atomic E-state index is 0.0720. The van der Waals surface area contributed by atoms with E-state index in [4.69, 9.17) is 4.74 Å². The van der Waals surface area contributed by atoms with E-state index in [1.165, 1.54) is 12.1 Å². The van der Waals surface area contributed by atoms with Gasteiger partial charge in [0.05, 0.1) is 6.61 Å². The summed E-state index contributed by atoms with van der Waals surface area (Å²) in [5.41, 5.74) is 0.426. The summed E-state index contributed by atoms with van der Waals surface area (Å²) in [6, 6.07) is 3.52. The number of carbonyl (C=O) groups is 1. The zero-order valence-electron chi connectivity index (χ0n) is 12.0. The normalized spacial score (nSPS) is 20.3. The predicted octanol–water partition coefficient (Wildman–Crippen LogP) is 1.42. The second-order valence-electron chi connectivity index (χ2n) is 5.15. The summed E-state index contributed by atoms with van der Waals surface area (Å²) in [6.07, 6.45) is 0.617. The van der Waals surface area contributed by atoms with E-state index >= 15 is 0 Å². The highest BCUT2D eigenvalue weighted by Crippen LogP contribution is 2.48. The van der Waals surface area contributed by atoms with Crippen molar-refractivity contribution in [3.63, 3.8) is 0 Å². The Morgan fingerprint density at radius 3 is 2.86 bits per heavy atom. The summed E-state index contributed by atoms with van der Waals surface area (Å²) in [5, 5.41) is 5.93. The van der Waals surface area contributed by atoms with Crippen molar-refractivity contribution in [2.45, 2.75) is 12.3 Å². The Bertz CT molecular complexity index is 497. The summed E-state index contributed by atoms with van der Waals surface area (Å²) < 4.78 is 31.3. The van der Waals surface area contributed by atoms with Crippen molar-refractivity contribution in [3.05, 3.63) is 35.4 Å². The molecule has 2 atom stereocenters. The van der Waals surface area contributed by atoms with Gasteiger partial charge in [0, 0.05) is 38.7 Å². The topological polar surface area (TPSA) is 50.4 Å². The van der Waals surface area contributed by atoms with Crippen LogP contribution in [-0.2, 0) is 9.53 Å². The van der Waals surface area contributed by atoms with E-state index < -0.39 is 11.6 Å². The number of ether oxygens (including phenoxy) is 1. The summed E-state index contributed by atoms with van der Waals surface area (Å²) in [5.74, 6) is -1.58. The van der Waals surface area contributed by atoms with E-state index in [9.17, 15) is 13.6 Å². The third-order valence-electron chi connectivity index (χ3n) is 3.57. The highest BCUT2D eigenvalue weighted by molar-refractivity contribution is 5.82. The molecule has 6 heteroatoms. The van der Waals surface area contributed by atoms with Crippen molar-refractivity contribution >= 4 is 5.91 Å². The highest BCUT2D eigenvalue weighted by Gasteiger charge is 2.45. The third kappa shape index (κ3) is 4.47. The Morgan fingerprint density at radius 1 is 1.33 bits per heavy atom. The maximum Gasteiger partial charge on any atom is 0.223 e. The maximum atomic E-state index is 13.6. The van der Waals surface area contributed by atoms with Gasteiger partial charge in [-0.05, 0) is 24.0 Å². The molecule has 0 bridgehead atoms. The molecule has 1 aliphatic rings. The van der Waals surface area contributed by atoms with Gasteiger partial charge < -0.3 is 15.4 Å². The largest absolute Gasteiger partial charge is 0.383 e. The van der Waals surface area contributed by atoms with Crippen molar-refractivity contribution in [1.29, 1.82) is 0 Å². The van der Waals surface area contributed by atoms with Crippen molar-refractivity contribution < 1.29 is 18.3 Å². The average molecular weight is 298 g/mol. The van der Waals surface area contributed by atoms with Crippen molar-refractivity contribution in [2.75, 3.05) is 33.4 Å². The van der Waals surface area contributed by atoms with Gasteiger partial charge in [0.1, 0.15) is 11.6 Å². The summed E-state index contributed by atoms with van der Waals surface area (Å²) in [7, 11) is 1.63. The smallest absolute Gasteiger partial charge is 0.223 e. The van der Waals surface area contributed by atoms with Crippen LogP contribution >= 0.6 is 0 Å². The summed E-state index contributed by atoms with van der Waals surface area (Å²) >= 11 is 0. The minimum Gasteiger partial charge on any atom is -0.383 e. The maximum absolute atomic E-state index is 13.6. The van der Waals surface area contributed by atoms with Crippen LogP contribution < -0.4 is 10.6 Å². The fourth-order valence-electron chi connectivity index (χ4n) is 2.34. The Kier molecular flexibility index (Phi) is 5.64. The van der Waals surface area contributed by atoms with Crippen molar-refractivity contribution in [2.24, 2.45) is 5.92 Å². The molecule has 0 aromatic heterocycles. The van der Waals surface area contributed by atoms with Gasteiger partial charge in [-0.2, -0.15) is 0 Å². The first-order valence-corrected chi connectivity index (χ1v) is 7.05. The molecule has 0 saturated heterocycles. The monoisotopic (exact) mass is 298 g/mol. The molecule has 21 heavy (non-hydrogen) atoms. The van der Waals surface area contributed by atoms with Crippen LogP contribution in [0.25, 0.3) is 0 Å². The number of methoxy groups -OCH3 is 1. The number of benzene rings is 1. The molecule has 1 aromatic carbocycles. The third-order valence-corrected chi connectivity index (χ3v) is 3.57. The van der Waals surface area contributed by atoms with Gasteiger partial charge in [-0.1, -0.05) is 6.07 Å². The number of hydrogen-bond acceptors (Lipinski definition) is 3. The van der Waals surface area contributed by atoms with Gasteiger partial charge in [0.15, 0.2) is 0 Å². The number of nitrogens with one attached hydrogen (secondary N) is 2. The molecule has 1 fully saturated rings. The second-order valence-corrected chi connectivity index (χ2v) is 5.15. The van der Waals surface area contributed by atoms with E-state index in [2.05, 4.69) is 10.6 Å². The van der Waals surface area contributed by atoms with Crippen LogP contribution in [0.1, 0.15) is 17.9 Å². The van der Waals surface area contributed by atoms with Crippen LogP contribution in [0.4, 0.5) is 8.78 Å². The molecule has 0 aliphatic heterocycles. The van der Waals surface area contributed by atoms with Crippen molar-refractivity contribution in [3.8, 4) is 0 Å². The molecule has 1 aliphatic carbocycles. The fourth-order valence-corrected chi connectivity index (χ4v) is 2.34. The molecule has 0 heterocycles. The number of hydrogen-bond donors (Lipinski definition) is 2. The van der Waals surface area contributed by atoms with Gasteiger partial charge in [-0.3, -0.25) is 4.79 Å². The SMILES string of the molecule is COCCNCCNC(=O)C1CC1c1ccc(F)cc1F. The van der Waals surface area contributed by atoms with Crippen LogP contribution in [0.3, 0.4) is 0 Å². The van der Waals surface area contributed by atoms with Gasteiger partial charge in [-0.25, -0.2) is 8.78 Å². The number of halogens is 2. The Hall–Kier alpha value is -1.53. The fraction of sp³-hybridized carbons (Fsp3) is 0.533. The second kappa shape index (κ2) is 7.47. The predicted molar refractivity (Wildman–Crippen MR) is 75.0 cm³/mol. The molecule has 0 spiro atoms. The molecule has 2 unspecified atom stereocenters. The van der Waals surface area contributed by atoms with Crippen LogP contribution in [0.2, 0.25) is 0 Å². The highest BCUT2D eigenvalue weighted by atomic mass is 19.1. The number of rotatable bonds is 8. The van der Waals surface area contributed by atoms with Crippen LogP contribution in [0.15, 0.2) is 18.2 Å². The van der Waals surface area contributed by atoms with Crippen molar-refractivity contribution in [1.82, 2.24) is 10.6 Å². The van der Waals surface area contributed by atoms with E-state index in [-0.39, 0.29) is 17.7 Å². The molecule has 0 radical (unpaired) electrons. The molecule has 116 valence electrons. The molecule has 1 amide bonds. The zero-order chi connectivity index (χ0) is 15.2. The Labute approximate surface area is 122 Å². The number of amides is 1. The Balaban J connectivity index is 1.71. The van der Waals surface area contributed by atoms with Gasteiger partial charge in [-0.15, -0.1) is 0 Å². The Morgan fingerprint density at radius 2 is 2.14 bits per heavy atom. The average Bonchev–Trinajstić information content (AvgIpc) is 3.22. The lowest BCUT2D eigenvalue weighted by Crippen LogP contribution is -2.34. The molecule has 2 rings (SSSR count). The van der Waals surface area contributed by atoms with Gasteiger partial charge in [0.25, 0.3) is 0 Å². The summed E-state index contributed by atoms with van der Waals surface area (Å²) in [4.78, 5) is 11.9. The molecule has 1 aromatic rings.